The molecule has 0 radical (unpaired) electrons. The SMILES string of the molecule is CCCCOc1ccc(C(=O)NNC(=O)CCC(=O)c2ccc(OCCC)cc2)cc1OC. The Hall–Kier alpha value is -3.55. The van der Waals surface area contributed by atoms with Crippen molar-refractivity contribution in [1.82, 2.24) is 10.9 Å². The van der Waals surface area contributed by atoms with Crippen LogP contribution in [-0.4, -0.2) is 37.9 Å². The molecule has 0 saturated carbocycles. The lowest BCUT2D eigenvalue weighted by atomic mass is 10.1. The summed E-state index contributed by atoms with van der Waals surface area (Å²) in [7, 11) is 1.49. The lowest BCUT2D eigenvalue weighted by Crippen LogP contribution is -2.41. The van der Waals surface area contributed by atoms with E-state index in [-0.39, 0.29) is 18.6 Å². The standard InChI is InChI=1S/C25H32N2O6/c1-4-6-16-33-22-13-9-19(17-23(22)31-3)25(30)27-26-24(29)14-12-21(28)18-7-10-20(11-8-18)32-15-5-2/h7-11,13,17H,4-6,12,14-16H2,1-3H3,(H,26,29)(H,27,30). The number of carbonyl (C=O) groups excluding carboxylic acids is 3. The molecule has 0 heterocycles. The van der Waals surface area contributed by atoms with Gasteiger partial charge < -0.3 is 14.2 Å². The van der Waals surface area contributed by atoms with Crippen LogP contribution in [0.25, 0.3) is 0 Å². The first-order chi connectivity index (χ1) is 16.0. The number of ether oxygens (including phenoxy) is 3. The Labute approximate surface area is 194 Å². The zero-order valence-corrected chi connectivity index (χ0v) is 19.4. The molecule has 178 valence electrons. The van der Waals surface area contributed by atoms with Crippen LogP contribution in [0.2, 0.25) is 0 Å². The molecule has 2 amide bonds. The van der Waals surface area contributed by atoms with Gasteiger partial charge in [-0.25, -0.2) is 0 Å². The number of carbonyl (C=O) groups is 3. The summed E-state index contributed by atoms with van der Waals surface area (Å²) in [5.41, 5.74) is 5.49. The molecule has 0 aliphatic carbocycles. The first-order valence-electron chi connectivity index (χ1n) is 11.1. The van der Waals surface area contributed by atoms with Crippen molar-refractivity contribution in [2.24, 2.45) is 0 Å². The maximum Gasteiger partial charge on any atom is 0.269 e. The maximum atomic E-state index is 12.4. The number of unbranched alkanes of at least 4 members (excludes halogenated alkanes) is 1. The fourth-order valence-electron chi connectivity index (χ4n) is 2.84. The molecule has 2 aromatic rings. The molecule has 0 atom stereocenters. The van der Waals surface area contributed by atoms with Gasteiger partial charge in [0.05, 0.1) is 20.3 Å². The molecule has 0 aliphatic heterocycles. The monoisotopic (exact) mass is 456 g/mol. The second-order valence-corrected chi connectivity index (χ2v) is 7.37. The minimum Gasteiger partial charge on any atom is -0.494 e. The van der Waals surface area contributed by atoms with E-state index in [2.05, 4.69) is 17.8 Å². The summed E-state index contributed by atoms with van der Waals surface area (Å²) < 4.78 is 16.4. The van der Waals surface area contributed by atoms with Gasteiger partial charge >= 0.3 is 0 Å². The number of ketones is 1. The van der Waals surface area contributed by atoms with Crippen LogP contribution in [0.5, 0.6) is 17.2 Å². The van der Waals surface area contributed by atoms with Crippen molar-refractivity contribution in [3.63, 3.8) is 0 Å². The van der Waals surface area contributed by atoms with Crippen molar-refractivity contribution in [2.45, 2.75) is 46.0 Å². The molecule has 0 spiro atoms. The second kappa shape index (κ2) is 13.8. The number of Topliss-reactive ketones (excluding diaryl/α,β-unsaturated/α-hetero) is 1. The lowest BCUT2D eigenvalue weighted by molar-refractivity contribution is -0.121. The highest BCUT2D eigenvalue weighted by atomic mass is 16.5. The van der Waals surface area contributed by atoms with Gasteiger partial charge in [-0.15, -0.1) is 0 Å². The Morgan fingerprint density at radius 3 is 2.18 bits per heavy atom. The fourth-order valence-corrected chi connectivity index (χ4v) is 2.84. The summed E-state index contributed by atoms with van der Waals surface area (Å²) in [4.78, 5) is 36.7. The molecule has 8 nitrogen and oxygen atoms in total. The Morgan fingerprint density at radius 2 is 1.52 bits per heavy atom. The van der Waals surface area contributed by atoms with E-state index in [1.165, 1.54) is 7.11 Å². The fraction of sp³-hybridized carbons (Fsp3) is 0.400. The van der Waals surface area contributed by atoms with Crippen molar-refractivity contribution in [3.05, 3.63) is 53.6 Å². The second-order valence-electron chi connectivity index (χ2n) is 7.37. The highest BCUT2D eigenvalue weighted by Gasteiger charge is 2.13. The third-order valence-electron chi connectivity index (χ3n) is 4.72. The average molecular weight is 457 g/mol. The highest BCUT2D eigenvalue weighted by Crippen LogP contribution is 2.28. The predicted molar refractivity (Wildman–Crippen MR) is 125 cm³/mol. The molecule has 2 aromatic carbocycles. The number of methoxy groups -OCH3 is 1. The molecule has 33 heavy (non-hydrogen) atoms. The maximum absolute atomic E-state index is 12.4. The van der Waals surface area contributed by atoms with Crippen molar-refractivity contribution in [2.75, 3.05) is 20.3 Å². The molecule has 0 fully saturated rings. The number of nitrogens with one attached hydrogen (secondary N) is 2. The first-order valence-corrected chi connectivity index (χ1v) is 11.1. The molecule has 0 aliphatic rings. The number of amides is 2. The van der Waals surface area contributed by atoms with E-state index in [0.717, 1.165) is 19.3 Å². The summed E-state index contributed by atoms with van der Waals surface area (Å²) >= 11 is 0. The summed E-state index contributed by atoms with van der Waals surface area (Å²) in [5.74, 6) is 0.548. The third-order valence-corrected chi connectivity index (χ3v) is 4.72. The van der Waals surface area contributed by atoms with Crippen LogP contribution < -0.4 is 25.1 Å². The lowest BCUT2D eigenvalue weighted by Gasteiger charge is -2.12. The van der Waals surface area contributed by atoms with Gasteiger partial charge in [0.1, 0.15) is 5.75 Å². The number of benzene rings is 2. The van der Waals surface area contributed by atoms with Crippen LogP contribution >= 0.6 is 0 Å². The summed E-state index contributed by atoms with van der Waals surface area (Å²) in [5, 5.41) is 0. The highest BCUT2D eigenvalue weighted by molar-refractivity contribution is 5.99. The van der Waals surface area contributed by atoms with Crippen molar-refractivity contribution >= 4 is 17.6 Å². The predicted octanol–water partition coefficient (Wildman–Crippen LogP) is 4.09. The molecule has 0 aromatic heterocycles. The molecule has 2 rings (SSSR count). The Morgan fingerprint density at radius 1 is 0.788 bits per heavy atom. The van der Waals surface area contributed by atoms with Crippen LogP contribution in [0, 0.1) is 0 Å². The Balaban J connectivity index is 1.80. The van der Waals surface area contributed by atoms with Crippen molar-refractivity contribution < 1.29 is 28.6 Å². The van der Waals surface area contributed by atoms with Gasteiger partial charge in [-0.3, -0.25) is 25.2 Å². The van der Waals surface area contributed by atoms with Crippen molar-refractivity contribution in [1.29, 1.82) is 0 Å². The van der Waals surface area contributed by atoms with E-state index < -0.39 is 11.8 Å². The quantitative estimate of drug-likeness (QED) is 0.267. The molecule has 0 bridgehead atoms. The number of hydrogen-bond acceptors (Lipinski definition) is 6. The normalized spacial score (nSPS) is 10.3. The largest absolute Gasteiger partial charge is 0.494 e. The van der Waals surface area contributed by atoms with Gasteiger partial charge in [-0.05, 0) is 55.3 Å². The van der Waals surface area contributed by atoms with Gasteiger partial charge in [0.25, 0.3) is 5.91 Å². The smallest absolute Gasteiger partial charge is 0.269 e. The zero-order chi connectivity index (χ0) is 24.1. The minimum absolute atomic E-state index is 0.0223. The van der Waals surface area contributed by atoms with Crippen LogP contribution in [-0.2, 0) is 4.79 Å². The van der Waals surface area contributed by atoms with E-state index >= 15 is 0 Å². The molecular formula is C25H32N2O6. The number of hydrazine groups is 1. The average Bonchev–Trinajstić information content (AvgIpc) is 2.85. The Kier molecular flexibility index (Phi) is 10.7. The molecule has 0 saturated heterocycles. The van der Waals surface area contributed by atoms with Crippen LogP contribution in [0.1, 0.15) is 66.7 Å². The van der Waals surface area contributed by atoms with Crippen LogP contribution in [0.15, 0.2) is 42.5 Å². The first kappa shape index (κ1) is 25.7. The van der Waals surface area contributed by atoms with Crippen molar-refractivity contribution in [3.8, 4) is 17.2 Å². The zero-order valence-electron chi connectivity index (χ0n) is 19.4. The molecule has 0 unspecified atom stereocenters. The molecular weight excluding hydrogens is 424 g/mol. The van der Waals surface area contributed by atoms with Gasteiger partial charge in [0, 0.05) is 24.0 Å². The summed E-state index contributed by atoms with van der Waals surface area (Å²) in [6.07, 6.45) is 2.79. The van der Waals surface area contributed by atoms with E-state index in [9.17, 15) is 14.4 Å². The molecule has 2 N–H and O–H groups in total. The Bertz CT molecular complexity index is 927. The minimum atomic E-state index is -0.504. The van der Waals surface area contributed by atoms with Crippen LogP contribution in [0.4, 0.5) is 0 Å². The third kappa shape index (κ3) is 8.48. The van der Waals surface area contributed by atoms with Gasteiger partial charge in [0.15, 0.2) is 17.3 Å². The van der Waals surface area contributed by atoms with Gasteiger partial charge in [-0.1, -0.05) is 20.3 Å². The van der Waals surface area contributed by atoms with E-state index in [0.29, 0.717) is 41.6 Å². The number of rotatable bonds is 13. The van der Waals surface area contributed by atoms with E-state index in [1.54, 1.807) is 42.5 Å². The van der Waals surface area contributed by atoms with Gasteiger partial charge in [-0.2, -0.15) is 0 Å². The van der Waals surface area contributed by atoms with E-state index in [4.69, 9.17) is 14.2 Å². The number of hydrogen-bond donors (Lipinski definition) is 2. The van der Waals surface area contributed by atoms with Crippen LogP contribution in [0.3, 0.4) is 0 Å². The summed E-state index contributed by atoms with van der Waals surface area (Å²) in [6.45, 7) is 5.26. The summed E-state index contributed by atoms with van der Waals surface area (Å²) in [6, 6.07) is 11.6. The van der Waals surface area contributed by atoms with E-state index in [1.807, 2.05) is 6.92 Å². The topological polar surface area (TPSA) is 103 Å². The van der Waals surface area contributed by atoms with Gasteiger partial charge in [0.2, 0.25) is 5.91 Å². The molecule has 8 heteroatoms.